The van der Waals surface area contributed by atoms with Crippen molar-refractivity contribution in [1.82, 2.24) is 4.90 Å². The molecule has 0 aliphatic carbocycles. The molecule has 0 fully saturated rings. The van der Waals surface area contributed by atoms with E-state index < -0.39 is 0 Å². The van der Waals surface area contributed by atoms with Crippen molar-refractivity contribution in [1.29, 1.82) is 0 Å². The Kier molecular flexibility index (Phi) is 5.49. The predicted molar refractivity (Wildman–Crippen MR) is 110 cm³/mol. The number of aryl methyl sites for hydroxylation is 2. The van der Waals surface area contributed by atoms with Crippen LogP contribution in [0.25, 0.3) is 0 Å². The molecular formula is C22H25N3O3. The molecule has 2 aromatic carbocycles. The number of rotatable bonds is 3. The molecule has 6 heteroatoms. The molecule has 2 aromatic rings. The van der Waals surface area contributed by atoms with E-state index >= 15 is 0 Å². The minimum atomic E-state index is -0.305. The Labute approximate surface area is 165 Å². The van der Waals surface area contributed by atoms with Crippen molar-refractivity contribution in [3.63, 3.8) is 0 Å². The van der Waals surface area contributed by atoms with Gasteiger partial charge in [-0.25, -0.2) is 0 Å². The van der Waals surface area contributed by atoms with Crippen molar-refractivity contribution in [2.75, 3.05) is 23.8 Å². The first-order chi connectivity index (χ1) is 13.3. The van der Waals surface area contributed by atoms with Crippen LogP contribution in [-0.4, -0.2) is 42.3 Å². The number of benzene rings is 2. The highest BCUT2D eigenvalue weighted by atomic mass is 16.2. The summed E-state index contributed by atoms with van der Waals surface area (Å²) in [6.45, 7) is 5.65. The molecule has 0 saturated carbocycles. The fourth-order valence-corrected chi connectivity index (χ4v) is 3.64. The molecule has 6 nitrogen and oxygen atoms in total. The molecule has 0 bridgehead atoms. The number of nitrogens with one attached hydrogen (secondary N) is 1. The Morgan fingerprint density at radius 1 is 1.14 bits per heavy atom. The fourth-order valence-electron chi connectivity index (χ4n) is 3.64. The van der Waals surface area contributed by atoms with Crippen LogP contribution in [0.1, 0.15) is 34.8 Å². The van der Waals surface area contributed by atoms with Gasteiger partial charge in [-0.1, -0.05) is 29.3 Å². The van der Waals surface area contributed by atoms with Crippen molar-refractivity contribution < 1.29 is 14.4 Å². The maximum absolute atomic E-state index is 13.1. The van der Waals surface area contributed by atoms with E-state index in [1.54, 1.807) is 24.1 Å². The SMILES string of the molecule is Cc1cc(C)cc(C(=O)N(C)CC(=O)N2c3ccccc3NC(=O)CC2C)c1. The first-order valence-corrected chi connectivity index (χ1v) is 9.31. The van der Waals surface area contributed by atoms with Gasteiger partial charge < -0.3 is 15.1 Å². The van der Waals surface area contributed by atoms with Crippen LogP contribution in [0.15, 0.2) is 42.5 Å². The van der Waals surface area contributed by atoms with E-state index in [4.69, 9.17) is 0 Å². The Hall–Kier alpha value is -3.15. The molecule has 1 aliphatic heterocycles. The number of likely N-dealkylation sites (N-methyl/N-ethyl adjacent to an activating group) is 1. The van der Waals surface area contributed by atoms with Gasteiger partial charge in [0.2, 0.25) is 11.8 Å². The average Bonchev–Trinajstić information content (AvgIpc) is 2.74. The number of hydrogen-bond donors (Lipinski definition) is 1. The second-order valence-electron chi connectivity index (χ2n) is 7.42. The maximum atomic E-state index is 13.1. The van der Waals surface area contributed by atoms with Crippen molar-refractivity contribution in [2.24, 2.45) is 0 Å². The number of carbonyl (C=O) groups excluding carboxylic acids is 3. The molecule has 28 heavy (non-hydrogen) atoms. The molecule has 1 unspecified atom stereocenters. The summed E-state index contributed by atoms with van der Waals surface area (Å²) in [6, 6.07) is 12.6. The summed E-state index contributed by atoms with van der Waals surface area (Å²) in [4.78, 5) is 41.0. The van der Waals surface area contributed by atoms with Crippen molar-refractivity contribution >= 4 is 29.1 Å². The van der Waals surface area contributed by atoms with Gasteiger partial charge in [-0.2, -0.15) is 0 Å². The first kappa shape index (κ1) is 19.6. The lowest BCUT2D eigenvalue weighted by Crippen LogP contribution is -2.45. The monoisotopic (exact) mass is 379 g/mol. The molecule has 0 saturated heterocycles. The second kappa shape index (κ2) is 7.84. The van der Waals surface area contributed by atoms with Crippen LogP contribution in [0.2, 0.25) is 0 Å². The summed E-state index contributed by atoms with van der Waals surface area (Å²) >= 11 is 0. The van der Waals surface area contributed by atoms with E-state index in [0.29, 0.717) is 16.9 Å². The Morgan fingerprint density at radius 2 is 1.79 bits per heavy atom. The van der Waals surface area contributed by atoms with Crippen LogP contribution in [0, 0.1) is 13.8 Å². The zero-order chi connectivity index (χ0) is 20.4. The third-order valence-electron chi connectivity index (χ3n) is 4.82. The third kappa shape index (κ3) is 4.06. The molecule has 0 radical (unpaired) electrons. The lowest BCUT2D eigenvalue weighted by Gasteiger charge is -2.29. The van der Waals surface area contributed by atoms with E-state index in [9.17, 15) is 14.4 Å². The fraction of sp³-hybridized carbons (Fsp3) is 0.318. The van der Waals surface area contributed by atoms with Gasteiger partial charge >= 0.3 is 0 Å². The number of carbonyl (C=O) groups is 3. The van der Waals surface area contributed by atoms with Gasteiger partial charge in [-0.05, 0) is 45.0 Å². The summed E-state index contributed by atoms with van der Waals surface area (Å²) in [5, 5.41) is 2.84. The molecule has 3 rings (SSSR count). The lowest BCUT2D eigenvalue weighted by molar-refractivity contribution is -0.119. The van der Waals surface area contributed by atoms with Gasteiger partial charge in [-0.3, -0.25) is 14.4 Å². The summed E-state index contributed by atoms with van der Waals surface area (Å²) in [7, 11) is 1.62. The van der Waals surface area contributed by atoms with Crippen LogP contribution >= 0.6 is 0 Å². The van der Waals surface area contributed by atoms with E-state index in [1.165, 1.54) is 4.90 Å². The Morgan fingerprint density at radius 3 is 2.46 bits per heavy atom. The third-order valence-corrected chi connectivity index (χ3v) is 4.82. The minimum Gasteiger partial charge on any atom is -0.332 e. The highest BCUT2D eigenvalue weighted by Gasteiger charge is 2.30. The normalized spacial score (nSPS) is 16.1. The van der Waals surface area contributed by atoms with Gasteiger partial charge in [0.1, 0.15) is 6.54 Å². The van der Waals surface area contributed by atoms with E-state index in [1.807, 2.05) is 51.1 Å². The Balaban J connectivity index is 1.83. The van der Waals surface area contributed by atoms with Crippen LogP contribution in [-0.2, 0) is 9.59 Å². The first-order valence-electron chi connectivity index (χ1n) is 9.31. The van der Waals surface area contributed by atoms with Crippen molar-refractivity contribution in [2.45, 2.75) is 33.2 Å². The minimum absolute atomic E-state index is 0.0707. The number of nitrogens with zero attached hydrogens (tertiary/aromatic N) is 2. The van der Waals surface area contributed by atoms with Gasteiger partial charge in [0.05, 0.1) is 11.4 Å². The van der Waals surface area contributed by atoms with E-state index in [2.05, 4.69) is 5.32 Å². The van der Waals surface area contributed by atoms with Crippen LogP contribution in [0.4, 0.5) is 11.4 Å². The molecule has 146 valence electrons. The summed E-state index contributed by atoms with van der Waals surface area (Å²) in [5.74, 6) is -0.559. The van der Waals surface area contributed by atoms with Gasteiger partial charge in [-0.15, -0.1) is 0 Å². The molecular weight excluding hydrogens is 354 g/mol. The number of amides is 3. The highest BCUT2D eigenvalue weighted by molar-refractivity contribution is 6.06. The number of para-hydroxylation sites is 2. The second-order valence-corrected chi connectivity index (χ2v) is 7.42. The number of fused-ring (bicyclic) bond motifs is 1. The molecule has 1 heterocycles. The quantitative estimate of drug-likeness (QED) is 0.891. The molecule has 1 N–H and O–H groups in total. The predicted octanol–water partition coefficient (Wildman–Crippen LogP) is 3.14. The van der Waals surface area contributed by atoms with Gasteiger partial charge in [0, 0.05) is 25.1 Å². The molecule has 1 atom stereocenters. The van der Waals surface area contributed by atoms with E-state index in [0.717, 1.165) is 11.1 Å². The largest absolute Gasteiger partial charge is 0.332 e. The highest BCUT2D eigenvalue weighted by Crippen LogP contribution is 2.31. The van der Waals surface area contributed by atoms with Gasteiger partial charge in [0.15, 0.2) is 0 Å². The summed E-state index contributed by atoms with van der Waals surface area (Å²) in [5.41, 5.74) is 3.83. The number of anilines is 2. The smallest absolute Gasteiger partial charge is 0.254 e. The van der Waals surface area contributed by atoms with Gasteiger partial charge in [0.25, 0.3) is 5.91 Å². The zero-order valence-electron chi connectivity index (χ0n) is 16.7. The summed E-state index contributed by atoms with van der Waals surface area (Å²) < 4.78 is 0. The zero-order valence-corrected chi connectivity index (χ0v) is 16.7. The molecule has 3 amide bonds. The van der Waals surface area contributed by atoms with Crippen LogP contribution in [0.3, 0.4) is 0 Å². The lowest BCUT2D eigenvalue weighted by atomic mass is 10.1. The number of hydrogen-bond acceptors (Lipinski definition) is 3. The average molecular weight is 379 g/mol. The Bertz CT molecular complexity index is 918. The maximum Gasteiger partial charge on any atom is 0.254 e. The van der Waals surface area contributed by atoms with Crippen LogP contribution in [0.5, 0.6) is 0 Å². The topological polar surface area (TPSA) is 69.7 Å². The van der Waals surface area contributed by atoms with Crippen LogP contribution < -0.4 is 10.2 Å². The van der Waals surface area contributed by atoms with Crippen molar-refractivity contribution in [3.8, 4) is 0 Å². The summed E-state index contributed by atoms with van der Waals surface area (Å²) in [6.07, 6.45) is 0.204. The standard InChI is InChI=1S/C22H25N3O3/c1-14-9-15(2)11-17(10-14)22(28)24(4)13-21(27)25-16(3)12-20(26)23-18-7-5-6-8-19(18)25/h5-11,16H,12-13H2,1-4H3,(H,23,26). The molecule has 0 spiro atoms. The van der Waals surface area contributed by atoms with Crippen molar-refractivity contribution in [3.05, 3.63) is 59.2 Å². The van der Waals surface area contributed by atoms with E-state index in [-0.39, 0.29) is 36.7 Å². The molecule has 0 aromatic heterocycles. The molecule has 1 aliphatic rings.